The molecule has 0 spiro atoms. The number of methoxy groups -OCH3 is 1. The second-order valence-electron chi connectivity index (χ2n) is 15.3. The molecular formula is C46H63N3O10. The molecule has 1 amide bonds. The molecule has 5 rings (SSSR count). The molecule has 0 saturated carbocycles. The molecule has 59 heavy (non-hydrogen) atoms. The fraction of sp³-hybridized carbons (Fsp3) is 0.543. The van der Waals surface area contributed by atoms with Crippen molar-refractivity contribution in [3.8, 4) is 0 Å². The number of nitrogens with one attached hydrogen (secondary N) is 1. The highest BCUT2D eigenvalue weighted by atomic mass is 16.7. The van der Waals surface area contributed by atoms with E-state index in [1.807, 2.05) is 98.0 Å². The second-order valence-corrected chi connectivity index (χ2v) is 15.3. The number of benzene rings is 3. The molecule has 2 saturated heterocycles. The lowest BCUT2D eigenvalue weighted by Gasteiger charge is -2.43. The number of unbranched alkanes of at least 4 members (excludes halogenated alkanes) is 5. The summed E-state index contributed by atoms with van der Waals surface area (Å²) in [6.45, 7) is 2.75. The van der Waals surface area contributed by atoms with Crippen molar-refractivity contribution in [1.82, 2.24) is 10.2 Å². The van der Waals surface area contributed by atoms with Crippen LogP contribution in [0.15, 0.2) is 96.0 Å². The van der Waals surface area contributed by atoms with Crippen LogP contribution in [0.1, 0.15) is 68.6 Å². The Hall–Kier alpha value is -4.05. The van der Waals surface area contributed by atoms with E-state index in [-0.39, 0.29) is 17.9 Å². The van der Waals surface area contributed by atoms with Crippen LogP contribution >= 0.6 is 0 Å². The molecule has 0 unspecified atom stereocenters. The highest BCUT2D eigenvalue weighted by Crippen LogP contribution is 2.32. The van der Waals surface area contributed by atoms with E-state index in [0.29, 0.717) is 39.5 Å². The molecule has 0 aromatic heterocycles. The molecule has 2 heterocycles. The second kappa shape index (κ2) is 24.9. The van der Waals surface area contributed by atoms with E-state index < -0.39 is 55.4 Å². The van der Waals surface area contributed by atoms with Crippen molar-refractivity contribution in [2.75, 3.05) is 34.0 Å². The van der Waals surface area contributed by atoms with Crippen molar-refractivity contribution >= 4 is 18.1 Å². The molecule has 0 aliphatic carbocycles. The van der Waals surface area contributed by atoms with Crippen LogP contribution in [0, 0.1) is 0 Å². The van der Waals surface area contributed by atoms with Crippen LogP contribution in [-0.2, 0) is 57.8 Å². The number of likely N-dealkylation sites (tertiary alicyclic amines) is 1. The number of esters is 1. The topological polar surface area (TPSA) is 158 Å². The fourth-order valence-electron chi connectivity index (χ4n) is 7.67. The van der Waals surface area contributed by atoms with Crippen LogP contribution in [-0.4, -0.2) is 122 Å². The van der Waals surface area contributed by atoms with Crippen molar-refractivity contribution in [3.63, 3.8) is 0 Å². The Balaban J connectivity index is 1.34. The van der Waals surface area contributed by atoms with Gasteiger partial charge in [0.1, 0.15) is 36.5 Å². The van der Waals surface area contributed by atoms with Gasteiger partial charge in [-0.25, -0.2) is 0 Å². The Bertz CT molecular complexity index is 1670. The number of aliphatic hydroxyl groups excluding tert-OH is 2. The highest BCUT2D eigenvalue weighted by Gasteiger charge is 2.50. The van der Waals surface area contributed by atoms with Gasteiger partial charge in [0.2, 0.25) is 5.91 Å². The summed E-state index contributed by atoms with van der Waals surface area (Å²) in [6, 6.07) is 27.5. The summed E-state index contributed by atoms with van der Waals surface area (Å²) in [5.74, 6) is -0.522. The molecule has 0 radical (unpaired) electrons. The molecule has 9 atom stereocenters. The minimum atomic E-state index is -1.25. The van der Waals surface area contributed by atoms with Crippen LogP contribution in [0.4, 0.5) is 0 Å². The largest absolute Gasteiger partial charge is 0.469 e. The Labute approximate surface area is 349 Å². The summed E-state index contributed by atoms with van der Waals surface area (Å²) in [5, 5.41) is 24.8. The summed E-state index contributed by atoms with van der Waals surface area (Å²) >= 11 is 0. The standard InChI is InChI=1S/C46H63N3O10/c1-33(51)48-42-41(43(53)39(28-50)59-46(42)56-26-18-7-5-4-6-17-25-40(52)54-3)47-27-37-44(57-30-35-21-13-9-14-22-35)45(58-31-36-23-15-10-16-24-36)38(49(37)2)32-55-29-34-19-11-8-12-20-34/h8-16,19-24,27,37-39,41-46,50,53H,4-7,17-18,25-26,28-32H2,1-3H3,(H,48,51)/t37-,38+,39+,41+,42+,43+,44+,45+,46+/m0/s1. The van der Waals surface area contributed by atoms with Crippen molar-refractivity contribution in [2.24, 2.45) is 4.99 Å². The predicted octanol–water partition coefficient (Wildman–Crippen LogP) is 5.00. The zero-order chi connectivity index (χ0) is 41.8. The van der Waals surface area contributed by atoms with Gasteiger partial charge in [-0.05, 0) is 36.6 Å². The summed E-state index contributed by atoms with van der Waals surface area (Å²) in [6.07, 6.45) is 3.42. The normalized spacial score (nSPS) is 25.9. The number of hydrogen-bond acceptors (Lipinski definition) is 12. The molecule has 13 nitrogen and oxygen atoms in total. The number of rotatable bonds is 24. The average Bonchev–Trinajstić information content (AvgIpc) is 3.50. The molecule has 2 aliphatic rings. The van der Waals surface area contributed by atoms with Crippen molar-refractivity contribution in [3.05, 3.63) is 108 Å². The van der Waals surface area contributed by atoms with Crippen LogP contribution in [0.5, 0.6) is 0 Å². The van der Waals surface area contributed by atoms with Crippen LogP contribution in [0.25, 0.3) is 0 Å². The molecule has 2 fully saturated rings. The third-order valence-electron chi connectivity index (χ3n) is 11.0. The lowest BCUT2D eigenvalue weighted by molar-refractivity contribution is -0.246. The van der Waals surface area contributed by atoms with E-state index in [4.69, 9.17) is 33.4 Å². The molecule has 2 aliphatic heterocycles. The third-order valence-corrected chi connectivity index (χ3v) is 11.0. The maximum atomic E-state index is 12.6. The SMILES string of the molecule is COC(=O)CCCCCCCCO[C@@H]1O[C@H](CO)[C@@H](O)[C@H](N=C[C@H]2[C@@H](OCc3ccccc3)[C@H](OCc3ccccc3)[C@@H](COCc3ccccc3)N2C)[C@H]1NC(C)=O. The van der Waals surface area contributed by atoms with E-state index in [2.05, 4.69) is 10.2 Å². The lowest BCUT2D eigenvalue weighted by Crippen LogP contribution is -2.64. The van der Waals surface area contributed by atoms with Crippen molar-refractivity contribution < 1.29 is 48.2 Å². The number of hydrogen-bond donors (Lipinski definition) is 3. The van der Waals surface area contributed by atoms with Gasteiger partial charge in [-0.2, -0.15) is 0 Å². The molecule has 3 aromatic carbocycles. The average molecular weight is 818 g/mol. The molecule has 3 N–H and O–H groups in total. The molecular weight excluding hydrogens is 755 g/mol. The number of nitrogens with zero attached hydrogens (tertiary/aromatic N) is 2. The number of carbonyl (C=O) groups excluding carboxylic acids is 2. The molecule has 322 valence electrons. The predicted molar refractivity (Wildman–Crippen MR) is 223 cm³/mol. The van der Waals surface area contributed by atoms with Gasteiger partial charge < -0.3 is 44.0 Å². The summed E-state index contributed by atoms with van der Waals surface area (Å²) in [4.78, 5) is 31.1. The minimum Gasteiger partial charge on any atom is -0.469 e. The number of carbonyl (C=O) groups is 2. The zero-order valence-electron chi connectivity index (χ0n) is 34.7. The van der Waals surface area contributed by atoms with Gasteiger partial charge in [0.15, 0.2) is 6.29 Å². The van der Waals surface area contributed by atoms with Crippen LogP contribution in [0.3, 0.4) is 0 Å². The smallest absolute Gasteiger partial charge is 0.305 e. The summed E-state index contributed by atoms with van der Waals surface area (Å²) in [7, 11) is 3.39. The highest BCUT2D eigenvalue weighted by molar-refractivity contribution is 5.73. The first-order valence-electron chi connectivity index (χ1n) is 20.9. The first-order valence-corrected chi connectivity index (χ1v) is 20.9. The first-order chi connectivity index (χ1) is 28.8. The maximum Gasteiger partial charge on any atom is 0.305 e. The Morgan fingerprint density at radius 2 is 1.36 bits per heavy atom. The quantitative estimate of drug-likeness (QED) is 0.0636. The van der Waals surface area contributed by atoms with E-state index in [1.165, 1.54) is 14.0 Å². The maximum absolute atomic E-state index is 12.6. The summed E-state index contributed by atoms with van der Waals surface area (Å²) < 4.78 is 36.8. The first kappa shape index (κ1) is 46.0. The van der Waals surface area contributed by atoms with Gasteiger partial charge in [-0.3, -0.25) is 19.5 Å². The molecule has 0 bridgehead atoms. The monoisotopic (exact) mass is 817 g/mol. The molecule has 3 aromatic rings. The molecule has 13 heteroatoms. The van der Waals surface area contributed by atoms with Gasteiger partial charge in [-0.15, -0.1) is 0 Å². The third kappa shape index (κ3) is 14.3. The van der Waals surface area contributed by atoms with E-state index in [9.17, 15) is 19.8 Å². The minimum absolute atomic E-state index is 0.189. The van der Waals surface area contributed by atoms with Crippen molar-refractivity contribution in [1.29, 1.82) is 0 Å². The number of amides is 1. The Morgan fingerprint density at radius 1 is 0.797 bits per heavy atom. The Morgan fingerprint density at radius 3 is 1.93 bits per heavy atom. The van der Waals surface area contributed by atoms with E-state index >= 15 is 0 Å². The number of aliphatic hydroxyl groups is 2. The van der Waals surface area contributed by atoms with E-state index in [1.54, 1.807) is 6.21 Å². The number of aliphatic imine (C=N–C) groups is 1. The number of likely N-dealkylation sites (N-methyl/N-ethyl adjacent to an activating group) is 1. The van der Waals surface area contributed by atoms with E-state index in [0.717, 1.165) is 55.2 Å². The lowest BCUT2D eigenvalue weighted by atomic mass is 9.94. The van der Waals surface area contributed by atoms with Gasteiger partial charge in [0.25, 0.3) is 0 Å². The zero-order valence-corrected chi connectivity index (χ0v) is 34.7. The van der Waals surface area contributed by atoms with Gasteiger partial charge >= 0.3 is 5.97 Å². The number of ether oxygens (including phenoxy) is 6. The van der Waals surface area contributed by atoms with Crippen LogP contribution in [0.2, 0.25) is 0 Å². The fourth-order valence-corrected chi connectivity index (χ4v) is 7.67. The Kier molecular flexibility index (Phi) is 19.4. The van der Waals surface area contributed by atoms with Gasteiger partial charge in [0, 0.05) is 26.2 Å². The van der Waals surface area contributed by atoms with Gasteiger partial charge in [0.05, 0.1) is 52.2 Å². The summed E-state index contributed by atoms with van der Waals surface area (Å²) in [5.41, 5.74) is 3.09. The van der Waals surface area contributed by atoms with Gasteiger partial charge in [-0.1, -0.05) is 117 Å². The van der Waals surface area contributed by atoms with Crippen molar-refractivity contribution in [2.45, 2.75) is 127 Å². The van der Waals surface area contributed by atoms with Crippen LogP contribution < -0.4 is 5.32 Å².